The van der Waals surface area contributed by atoms with Crippen molar-refractivity contribution in [2.24, 2.45) is 0 Å². The summed E-state index contributed by atoms with van der Waals surface area (Å²) in [4.78, 5) is 14.3. The number of benzene rings is 2. The molecule has 8 heteroatoms. The number of pyridine rings is 1. The summed E-state index contributed by atoms with van der Waals surface area (Å²) >= 11 is -1.32. The second-order valence-electron chi connectivity index (χ2n) is 8.00. The number of rotatable bonds is 9. The van der Waals surface area contributed by atoms with E-state index in [1.807, 2.05) is 37.3 Å². The Balaban J connectivity index is 0.00000306. The highest BCUT2D eigenvalue weighted by atomic mass is 32.2. The molecule has 1 unspecified atom stereocenters. The lowest BCUT2D eigenvalue weighted by Crippen LogP contribution is -2.24. The quantitative estimate of drug-likeness (QED) is 0.297. The zero-order chi connectivity index (χ0) is 22.5. The molecule has 2 aromatic carbocycles. The molecule has 1 N–H and O–H groups in total. The zero-order valence-corrected chi connectivity index (χ0v) is 19.5. The predicted molar refractivity (Wildman–Crippen MR) is 137 cm³/mol. The number of aromatic amines is 1. The number of para-hydroxylation sites is 2. The van der Waals surface area contributed by atoms with Crippen molar-refractivity contribution < 1.29 is 9.29 Å². The Morgan fingerprint density at radius 2 is 1.82 bits per heavy atom. The van der Waals surface area contributed by atoms with Crippen molar-refractivity contribution in [1.82, 2.24) is 19.9 Å². The van der Waals surface area contributed by atoms with Crippen LogP contribution < -0.4 is 4.74 Å². The van der Waals surface area contributed by atoms with Gasteiger partial charge in [-0.25, -0.2) is 0 Å². The summed E-state index contributed by atoms with van der Waals surface area (Å²) in [6.45, 7) is 6.30. The van der Waals surface area contributed by atoms with Crippen molar-refractivity contribution in [3.63, 3.8) is 0 Å². The van der Waals surface area contributed by atoms with E-state index in [-0.39, 0.29) is 28.8 Å². The number of fused-ring (bicyclic) bond motifs is 1. The van der Waals surface area contributed by atoms with Gasteiger partial charge in [0.05, 0.1) is 16.7 Å². The molecule has 4 aromatic rings. The van der Waals surface area contributed by atoms with Crippen LogP contribution >= 0.6 is 0 Å². The number of aromatic nitrogens is 3. The van der Waals surface area contributed by atoms with Crippen LogP contribution in [0.3, 0.4) is 0 Å². The van der Waals surface area contributed by atoms with Crippen molar-refractivity contribution in [2.75, 3.05) is 20.2 Å². The van der Waals surface area contributed by atoms with Gasteiger partial charge in [-0.1, -0.05) is 42.0 Å². The zero-order valence-electron chi connectivity index (χ0n) is 18.7. The lowest BCUT2D eigenvalue weighted by atomic mass is 10.1. The van der Waals surface area contributed by atoms with Crippen LogP contribution in [0.5, 0.6) is 5.75 Å². The van der Waals surface area contributed by atoms with E-state index in [9.17, 15) is 4.55 Å². The van der Waals surface area contributed by atoms with Crippen molar-refractivity contribution in [2.45, 2.75) is 31.3 Å². The molecule has 6 nitrogen and oxygen atoms in total. The number of hydrogen-bond acceptors (Lipinski definition) is 5. The summed E-state index contributed by atoms with van der Waals surface area (Å²) in [5, 5.41) is 0.469. The third-order valence-corrected chi connectivity index (χ3v) is 6.57. The van der Waals surface area contributed by atoms with Gasteiger partial charge in [-0.2, -0.15) is 4.98 Å². The summed E-state index contributed by atoms with van der Waals surface area (Å²) in [7, 11) is 2.09. The second-order valence-corrected chi connectivity index (χ2v) is 9.37. The van der Waals surface area contributed by atoms with E-state index in [1.165, 1.54) is 11.1 Å². The average Bonchev–Trinajstić information content (AvgIpc) is 3.22. The van der Waals surface area contributed by atoms with Gasteiger partial charge in [0.2, 0.25) is 0 Å². The molecular weight excluding hydrogens is 445 g/mol. The maximum absolute atomic E-state index is 12.9. The van der Waals surface area contributed by atoms with Gasteiger partial charge in [0, 0.05) is 36.0 Å². The Kier molecular flexibility index (Phi) is 9.16. The van der Waals surface area contributed by atoms with Gasteiger partial charge in [0.1, 0.15) is 12.4 Å². The smallest absolute Gasteiger partial charge is 0.322 e. The Labute approximate surface area is 214 Å². The molecule has 0 spiro atoms. The summed E-state index contributed by atoms with van der Waals surface area (Å²) < 4.78 is 18.9. The molecule has 0 fully saturated rings. The molecule has 0 aliphatic carbocycles. The summed E-state index contributed by atoms with van der Waals surface area (Å²) in [5.74, 6) is 1.07. The van der Waals surface area contributed by atoms with Crippen LogP contribution in [0, 0.1) is 13.8 Å². The van der Waals surface area contributed by atoms with Gasteiger partial charge >= 0.3 is 28.2 Å². The van der Waals surface area contributed by atoms with Crippen LogP contribution in [0.2, 0.25) is 0 Å². The third kappa shape index (κ3) is 6.71. The lowest BCUT2D eigenvalue weighted by molar-refractivity contribution is 0.231. The van der Waals surface area contributed by atoms with Crippen LogP contribution in [-0.2, 0) is 23.5 Å². The van der Waals surface area contributed by atoms with Crippen molar-refractivity contribution in [3.8, 4) is 5.75 Å². The van der Waals surface area contributed by atoms with Gasteiger partial charge in [-0.3, -0.25) is 14.9 Å². The first-order valence-corrected chi connectivity index (χ1v) is 12.0. The largest absolute Gasteiger partial charge is 0.609 e. The summed E-state index contributed by atoms with van der Waals surface area (Å²) in [6.07, 6.45) is 1.71. The normalized spacial score (nSPS) is 12.0. The number of hydrogen-bond donors (Lipinski definition) is 1. The monoisotopic (exact) mass is 474 g/mol. The molecule has 0 radical (unpaired) electrons. The summed E-state index contributed by atoms with van der Waals surface area (Å²) in [5.41, 5.74) is 5.92. The minimum atomic E-state index is -1.32. The minimum Gasteiger partial charge on any atom is -0.609 e. The molecule has 0 saturated carbocycles. The molecule has 0 aliphatic heterocycles. The molecule has 4 rings (SSSR count). The fourth-order valence-corrected chi connectivity index (χ4v) is 4.59. The van der Waals surface area contributed by atoms with E-state index in [0.717, 1.165) is 41.1 Å². The molecule has 33 heavy (non-hydrogen) atoms. The van der Waals surface area contributed by atoms with Crippen molar-refractivity contribution >= 4 is 45.3 Å². The molecule has 0 saturated heterocycles. The molecule has 2 heterocycles. The first-order valence-electron chi connectivity index (χ1n) is 10.6. The highest BCUT2D eigenvalue weighted by Crippen LogP contribution is 2.24. The van der Waals surface area contributed by atoms with E-state index in [2.05, 4.69) is 58.1 Å². The van der Waals surface area contributed by atoms with E-state index >= 15 is 0 Å². The van der Waals surface area contributed by atoms with E-state index in [4.69, 9.17) is 4.74 Å². The third-order valence-electron chi connectivity index (χ3n) is 5.41. The van der Waals surface area contributed by atoms with E-state index in [1.54, 1.807) is 6.20 Å². The van der Waals surface area contributed by atoms with Crippen LogP contribution in [-0.4, -0.2) is 67.7 Å². The topological polar surface area (TPSA) is 77.1 Å². The van der Waals surface area contributed by atoms with Gasteiger partial charge in [-0.05, 0) is 44.7 Å². The Morgan fingerprint density at radius 1 is 1.06 bits per heavy atom. The Bertz CT molecular complexity index is 1150. The van der Waals surface area contributed by atoms with Gasteiger partial charge < -0.3 is 9.29 Å². The minimum absolute atomic E-state index is 0. The first-order chi connectivity index (χ1) is 15.5. The molecular formula is C25H30MgN4O2S. The number of likely N-dealkylation sites (N-methyl/N-ethyl adjacent to an activating group) is 1. The Morgan fingerprint density at radius 3 is 2.58 bits per heavy atom. The summed E-state index contributed by atoms with van der Waals surface area (Å²) in [6, 6.07) is 18.1. The van der Waals surface area contributed by atoms with Gasteiger partial charge in [-0.15, -0.1) is 0 Å². The predicted octanol–water partition coefficient (Wildman–Crippen LogP) is 3.48. The highest BCUT2D eigenvalue weighted by Gasteiger charge is 2.20. The number of H-pyrrole nitrogens is 1. The van der Waals surface area contributed by atoms with Crippen molar-refractivity contribution in [1.29, 1.82) is 0 Å². The molecule has 170 valence electrons. The fourth-order valence-electron chi connectivity index (χ4n) is 3.49. The van der Waals surface area contributed by atoms with Crippen LogP contribution in [0.1, 0.15) is 22.4 Å². The van der Waals surface area contributed by atoms with Crippen LogP contribution in [0.15, 0.2) is 66.0 Å². The van der Waals surface area contributed by atoms with E-state index in [0.29, 0.717) is 11.8 Å². The standard InChI is InChI=1S/C25H28N4O2S.Mg.2H/c1-18-8-10-20(11-9-18)16-29(3)14-15-31-24-12-13-26-23(19(24)2)17-32(30)25-27-21-6-4-5-7-22(21)28-25;;;/h4-13H,14-17H2,1-3H3,(H,27,28);;;. The SMILES string of the molecule is Cc1ccc(CN(C)CCOc2ccnc(C[S+]([O-])c3nc4ccccc4[nH]3)c2C)cc1.[MgH2]. The first kappa shape index (κ1) is 25.5. The van der Waals surface area contributed by atoms with Gasteiger partial charge in [0.25, 0.3) is 0 Å². The average molecular weight is 475 g/mol. The number of ether oxygens (including phenoxy) is 1. The molecule has 0 amide bonds. The van der Waals surface area contributed by atoms with E-state index < -0.39 is 11.2 Å². The maximum Gasteiger partial charge on any atom is 0.322 e. The fraction of sp³-hybridized carbons (Fsp3) is 0.280. The second kappa shape index (κ2) is 11.9. The molecule has 1 atom stereocenters. The van der Waals surface area contributed by atoms with Crippen molar-refractivity contribution in [3.05, 3.63) is 83.2 Å². The number of nitrogens with one attached hydrogen (secondary N) is 1. The molecule has 2 aromatic heterocycles. The molecule has 0 bridgehead atoms. The maximum atomic E-state index is 12.9. The number of aryl methyl sites for hydroxylation is 1. The molecule has 0 aliphatic rings. The Hall–Kier alpha value is -2.10. The lowest BCUT2D eigenvalue weighted by Gasteiger charge is -2.18. The van der Waals surface area contributed by atoms with Crippen LogP contribution in [0.25, 0.3) is 11.0 Å². The van der Waals surface area contributed by atoms with Crippen LogP contribution in [0.4, 0.5) is 0 Å². The van der Waals surface area contributed by atoms with Gasteiger partial charge in [0.15, 0.2) is 5.75 Å². The number of nitrogens with zero attached hydrogens (tertiary/aromatic N) is 3. The number of imidazole rings is 1. The highest BCUT2D eigenvalue weighted by molar-refractivity contribution is 7.90.